The second kappa shape index (κ2) is 5.34. The molecule has 1 N–H and O–H groups in total. The van der Waals surface area contributed by atoms with Crippen LogP contribution in [0.15, 0.2) is 58.0 Å². The van der Waals surface area contributed by atoms with Crippen LogP contribution in [0.3, 0.4) is 0 Å². The third-order valence-corrected chi connectivity index (χ3v) is 4.09. The van der Waals surface area contributed by atoms with Crippen molar-refractivity contribution in [2.24, 2.45) is 0 Å². The van der Waals surface area contributed by atoms with E-state index in [0.29, 0.717) is 17.9 Å². The number of H-pyrrole nitrogens is 1. The van der Waals surface area contributed by atoms with E-state index in [1.54, 1.807) is 12.1 Å². The van der Waals surface area contributed by atoms with E-state index in [9.17, 15) is 14.9 Å². The SMILES string of the molecule is O=c1c[n+](-c2ccc(N3CCc4ccccc43)c([N+](=O)[O-])c2)[nH]o1. The van der Waals surface area contributed by atoms with E-state index in [1.165, 1.54) is 22.5 Å². The van der Waals surface area contributed by atoms with Gasteiger partial charge in [-0.3, -0.25) is 14.6 Å². The van der Waals surface area contributed by atoms with E-state index in [-0.39, 0.29) is 5.69 Å². The molecular weight excluding hydrogens is 312 g/mol. The van der Waals surface area contributed by atoms with Gasteiger partial charge in [-0.25, -0.2) is 4.79 Å². The molecule has 0 unspecified atom stereocenters. The lowest BCUT2D eigenvalue weighted by Crippen LogP contribution is -2.32. The lowest BCUT2D eigenvalue weighted by atomic mass is 10.1. The molecule has 0 spiro atoms. The first-order valence-electron chi connectivity index (χ1n) is 7.38. The molecule has 8 nitrogen and oxygen atoms in total. The molecule has 1 aliphatic heterocycles. The number of anilines is 2. The summed E-state index contributed by atoms with van der Waals surface area (Å²) in [7, 11) is 0. The van der Waals surface area contributed by atoms with Gasteiger partial charge in [-0.15, -0.1) is 0 Å². The maximum absolute atomic E-state index is 11.6. The zero-order valence-electron chi connectivity index (χ0n) is 12.5. The predicted octanol–water partition coefficient (Wildman–Crippen LogP) is 1.85. The average molecular weight is 325 g/mol. The fourth-order valence-electron chi connectivity index (χ4n) is 3.00. The molecule has 3 aromatic rings. The molecule has 0 atom stereocenters. The smallest absolute Gasteiger partial charge is 0.335 e. The Morgan fingerprint density at radius 1 is 1.21 bits per heavy atom. The van der Waals surface area contributed by atoms with Crippen LogP contribution in [0.5, 0.6) is 0 Å². The Labute approximate surface area is 135 Å². The summed E-state index contributed by atoms with van der Waals surface area (Å²) in [6.45, 7) is 0.690. The molecular formula is C16H13N4O4+. The van der Waals surface area contributed by atoms with Crippen molar-refractivity contribution in [1.29, 1.82) is 0 Å². The Bertz CT molecular complexity index is 991. The summed E-state index contributed by atoms with van der Waals surface area (Å²) in [5, 5.41) is 13.9. The van der Waals surface area contributed by atoms with Gasteiger partial charge < -0.3 is 4.90 Å². The Hall–Kier alpha value is -3.42. The van der Waals surface area contributed by atoms with Crippen molar-refractivity contribution in [3.8, 4) is 5.69 Å². The summed E-state index contributed by atoms with van der Waals surface area (Å²) in [5.74, 6) is 0. The van der Waals surface area contributed by atoms with Crippen LogP contribution in [-0.2, 0) is 6.42 Å². The Kier molecular flexibility index (Phi) is 3.16. The van der Waals surface area contributed by atoms with Crippen molar-refractivity contribution in [2.75, 3.05) is 11.4 Å². The van der Waals surface area contributed by atoms with E-state index in [0.717, 1.165) is 12.1 Å². The molecule has 0 fully saturated rings. The highest BCUT2D eigenvalue weighted by atomic mass is 16.6. The van der Waals surface area contributed by atoms with Crippen LogP contribution in [0.2, 0.25) is 0 Å². The normalized spacial score (nSPS) is 13.1. The number of nitrogens with zero attached hydrogens (tertiary/aromatic N) is 3. The monoisotopic (exact) mass is 325 g/mol. The number of rotatable bonds is 3. The molecule has 0 bridgehead atoms. The summed E-state index contributed by atoms with van der Waals surface area (Å²) in [4.78, 5) is 24.2. The molecule has 120 valence electrons. The lowest BCUT2D eigenvalue weighted by molar-refractivity contribution is -0.670. The molecule has 24 heavy (non-hydrogen) atoms. The minimum Gasteiger partial charge on any atom is -0.335 e. The van der Waals surface area contributed by atoms with Gasteiger partial charge in [-0.05, 0) is 34.1 Å². The minimum absolute atomic E-state index is 0.0289. The number of nitrogens with one attached hydrogen (secondary N) is 1. The summed E-state index contributed by atoms with van der Waals surface area (Å²) >= 11 is 0. The maximum Gasteiger partial charge on any atom is 0.427 e. The van der Waals surface area contributed by atoms with Gasteiger partial charge in [0.2, 0.25) is 5.69 Å². The number of benzene rings is 2. The molecule has 0 aliphatic carbocycles. The molecule has 1 aromatic heterocycles. The third kappa shape index (κ3) is 2.24. The topological polar surface area (TPSA) is 96.3 Å². The number of para-hydroxylation sites is 1. The molecule has 0 saturated heterocycles. The molecule has 0 amide bonds. The molecule has 1 aliphatic rings. The fourth-order valence-corrected chi connectivity index (χ4v) is 3.00. The Morgan fingerprint density at radius 3 is 2.79 bits per heavy atom. The summed E-state index contributed by atoms with van der Waals surface area (Å²) in [6.07, 6.45) is 2.03. The number of aromatic nitrogens is 2. The number of aromatic amines is 1. The fraction of sp³-hybridized carbons (Fsp3) is 0.125. The van der Waals surface area contributed by atoms with Crippen LogP contribution >= 0.6 is 0 Å². The summed E-state index contributed by atoms with van der Waals surface area (Å²) < 4.78 is 5.90. The number of hydrogen-bond donors (Lipinski definition) is 1. The van der Waals surface area contributed by atoms with Crippen molar-refractivity contribution < 1.29 is 14.1 Å². The molecule has 2 aromatic carbocycles. The first-order chi connectivity index (χ1) is 11.6. The molecule has 8 heteroatoms. The molecule has 0 radical (unpaired) electrons. The second-order valence-corrected chi connectivity index (χ2v) is 5.47. The maximum atomic E-state index is 11.6. The van der Waals surface area contributed by atoms with Crippen LogP contribution < -0.4 is 15.2 Å². The molecule has 0 saturated carbocycles. The summed E-state index contributed by atoms with van der Waals surface area (Å²) in [6, 6.07) is 12.7. The largest absolute Gasteiger partial charge is 0.427 e. The van der Waals surface area contributed by atoms with Gasteiger partial charge >= 0.3 is 5.63 Å². The second-order valence-electron chi connectivity index (χ2n) is 5.47. The first kappa shape index (κ1) is 14.2. The average Bonchev–Trinajstić information content (AvgIpc) is 3.20. The van der Waals surface area contributed by atoms with Crippen LogP contribution in [0.25, 0.3) is 5.69 Å². The van der Waals surface area contributed by atoms with Crippen molar-refractivity contribution in [3.05, 3.63) is 74.8 Å². The van der Waals surface area contributed by atoms with E-state index < -0.39 is 10.5 Å². The highest BCUT2D eigenvalue weighted by Gasteiger charge is 2.28. The van der Waals surface area contributed by atoms with Gasteiger partial charge in [0.15, 0.2) is 0 Å². The van der Waals surface area contributed by atoms with Crippen LogP contribution in [0.4, 0.5) is 17.1 Å². The van der Waals surface area contributed by atoms with Gasteiger partial charge in [0, 0.05) is 18.3 Å². The third-order valence-electron chi connectivity index (χ3n) is 4.09. The number of fused-ring (bicyclic) bond motifs is 1. The predicted molar refractivity (Wildman–Crippen MR) is 84.7 cm³/mol. The van der Waals surface area contributed by atoms with Crippen LogP contribution in [0.1, 0.15) is 5.56 Å². The summed E-state index contributed by atoms with van der Waals surface area (Å²) in [5.41, 5.74) is 2.54. The highest BCUT2D eigenvalue weighted by molar-refractivity contribution is 5.77. The van der Waals surface area contributed by atoms with Crippen LogP contribution in [0, 0.1) is 10.1 Å². The zero-order chi connectivity index (χ0) is 16.7. The molecule has 4 rings (SSSR count). The van der Waals surface area contributed by atoms with Crippen molar-refractivity contribution in [3.63, 3.8) is 0 Å². The van der Waals surface area contributed by atoms with E-state index in [2.05, 4.69) is 9.79 Å². The van der Waals surface area contributed by atoms with E-state index in [1.807, 2.05) is 29.2 Å². The Balaban J connectivity index is 1.82. The van der Waals surface area contributed by atoms with Gasteiger partial charge in [-0.2, -0.15) is 0 Å². The van der Waals surface area contributed by atoms with Gasteiger partial charge in [0.25, 0.3) is 11.9 Å². The van der Waals surface area contributed by atoms with E-state index in [4.69, 9.17) is 0 Å². The standard InChI is InChI=1S/C16H12N4O4/c21-16-10-19(17-24-16)12-5-6-14(15(9-12)20(22)23)18-8-7-11-3-1-2-4-13(11)18/h1-6,9-10H,7-8H2/p+1. The first-order valence-corrected chi connectivity index (χ1v) is 7.38. The van der Waals surface area contributed by atoms with E-state index >= 15 is 0 Å². The van der Waals surface area contributed by atoms with Gasteiger partial charge in [0.05, 0.1) is 11.0 Å². The van der Waals surface area contributed by atoms with Crippen LogP contribution in [-0.4, -0.2) is 16.7 Å². The number of hydrogen-bond acceptors (Lipinski definition) is 5. The van der Waals surface area contributed by atoms with Crippen molar-refractivity contribution >= 4 is 17.1 Å². The van der Waals surface area contributed by atoms with Crippen molar-refractivity contribution in [2.45, 2.75) is 6.42 Å². The lowest BCUT2D eigenvalue weighted by Gasteiger charge is -2.19. The van der Waals surface area contributed by atoms with Crippen molar-refractivity contribution in [1.82, 2.24) is 5.27 Å². The van der Waals surface area contributed by atoms with Gasteiger partial charge in [-0.1, -0.05) is 18.2 Å². The Morgan fingerprint density at radius 2 is 2.04 bits per heavy atom. The zero-order valence-corrected chi connectivity index (χ0v) is 12.5. The quantitative estimate of drug-likeness (QED) is 0.450. The van der Waals surface area contributed by atoms with Gasteiger partial charge in [0.1, 0.15) is 5.69 Å². The number of nitro groups is 1. The number of nitro benzene ring substituents is 1. The minimum atomic E-state index is -0.560. The molecule has 2 heterocycles. The highest BCUT2D eigenvalue weighted by Crippen LogP contribution is 2.39.